The second-order valence-electron chi connectivity index (χ2n) is 6.32. The van der Waals surface area contributed by atoms with Crippen molar-refractivity contribution in [1.82, 2.24) is 5.32 Å². The Labute approximate surface area is 130 Å². The molecule has 0 spiro atoms. The standard InChI is InChI=1S/C17H23NO4/c1-17(11-15(19)20,10-13-8-5-9-13)18-16(21)22-12-14-6-3-2-4-7-14/h2-4,6-7,13H,5,8-12H2,1H3,(H,18,21)(H,19,20). The van der Waals surface area contributed by atoms with Gasteiger partial charge in [0.1, 0.15) is 6.61 Å². The number of rotatable bonds is 7. The van der Waals surface area contributed by atoms with E-state index >= 15 is 0 Å². The first kappa shape index (κ1) is 16.3. The predicted molar refractivity (Wildman–Crippen MR) is 82.4 cm³/mol. The molecule has 1 amide bonds. The molecule has 1 aromatic carbocycles. The van der Waals surface area contributed by atoms with Gasteiger partial charge in [0.05, 0.1) is 12.0 Å². The summed E-state index contributed by atoms with van der Waals surface area (Å²) in [6, 6.07) is 9.39. The highest BCUT2D eigenvalue weighted by Crippen LogP contribution is 2.35. The molecule has 1 atom stereocenters. The van der Waals surface area contributed by atoms with Gasteiger partial charge >= 0.3 is 12.1 Å². The summed E-state index contributed by atoms with van der Waals surface area (Å²) in [6.07, 6.45) is 3.42. The Morgan fingerprint density at radius 2 is 2.00 bits per heavy atom. The maximum Gasteiger partial charge on any atom is 0.407 e. The zero-order chi connectivity index (χ0) is 16.0. The van der Waals surface area contributed by atoms with E-state index in [4.69, 9.17) is 9.84 Å². The van der Waals surface area contributed by atoms with Crippen LogP contribution >= 0.6 is 0 Å². The largest absolute Gasteiger partial charge is 0.481 e. The SMILES string of the molecule is CC(CC(=O)O)(CC1CCC1)NC(=O)OCc1ccccc1. The van der Waals surface area contributed by atoms with E-state index in [9.17, 15) is 9.59 Å². The van der Waals surface area contributed by atoms with Crippen LogP contribution in [0.1, 0.15) is 44.6 Å². The average Bonchev–Trinajstić information content (AvgIpc) is 2.41. The van der Waals surface area contributed by atoms with Crippen LogP contribution in [0.25, 0.3) is 0 Å². The van der Waals surface area contributed by atoms with Crippen molar-refractivity contribution >= 4 is 12.1 Å². The Morgan fingerprint density at radius 1 is 1.32 bits per heavy atom. The molecule has 0 aromatic heterocycles. The molecule has 120 valence electrons. The molecule has 2 rings (SSSR count). The molecule has 2 N–H and O–H groups in total. The third-order valence-electron chi connectivity index (χ3n) is 4.12. The Kier molecular flexibility index (Phi) is 5.41. The van der Waals surface area contributed by atoms with Gasteiger partial charge in [0.25, 0.3) is 0 Å². The summed E-state index contributed by atoms with van der Waals surface area (Å²) in [5, 5.41) is 11.8. The van der Waals surface area contributed by atoms with E-state index in [1.54, 1.807) is 6.92 Å². The second kappa shape index (κ2) is 7.29. The van der Waals surface area contributed by atoms with Crippen LogP contribution in [0.5, 0.6) is 0 Å². The Hall–Kier alpha value is -2.04. The first-order chi connectivity index (χ1) is 10.5. The lowest BCUT2D eigenvalue weighted by Crippen LogP contribution is -2.49. The monoisotopic (exact) mass is 305 g/mol. The van der Waals surface area contributed by atoms with Crippen molar-refractivity contribution in [2.75, 3.05) is 0 Å². The molecule has 22 heavy (non-hydrogen) atoms. The molecule has 0 radical (unpaired) electrons. The number of amides is 1. The van der Waals surface area contributed by atoms with Crippen molar-refractivity contribution in [3.63, 3.8) is 0 Å². The summed E-state index contributed by atoms with van der Waals surface area (Å²) < 4.78 is 5.20. The van der Waals surface area contributed by atoms with Crippen LogP contribution in [0.15, 0.2) is 30.3 Å². The molecule has 0 bridgehead atoms. The van der Waals surface area contributed by atoms with Gasteiger partial charge in [-0.05, 0) is 24.8 Å². The Bertz CT molecular complexity index is 513. The second-order valence-corrected chi connectivity index (χ2v) is 6.32. The van der Waals surface area contributed by atoms with Gasteiger partial charge < -0.3 is 15.2 Å². The van der Waals surface area contributed by atoms with E-state index in [-0.39, 0.29) is 13.0 Å². The number of nitrogens with one attached hydrogen (secondary N) is 1. The Morgan fingerprint density at radius 3 is 2.55 bits per heavy atom. The van der Waals surface area contributed by atoms with E-state index in [1.165, 1.54) is 6.42 Å². The number of ether oxygens (including phenoxy) is 1. The van der Waals surface area contributed by atoms with Crippen LogP contribution < -0.4 is 5.32 Å². The van der Waals surface area contributed by atoms with Crippen molar-refractivity contribution in [2.24, 2.45) is 5.92 Å². The van der Waals surface area contributed by atoms with Gasteiger partial charge in [-0.25, -0.2) is 4.79 Å². The lowest BCUT2D eigenvalue weighted by atomic mass is 9.75. The minimum absolute atomic E-state index is 0.0933. The summed E-state index contributed by atoms with van der Waals surface area (Å²) in [6.45, 7) is 1.96. The topological polar surface area (TPSA) is 75.6 Å². The number of carboxylic acids is 1. The first-order valence-corrected chi connectivity index (χ1v) is 7.67. The maximum absolute atomic E-state index is 12.0. The number of aliphatic carboxylic acids is 1. The van der Waals surface area contributed by atoms with Gasteiger partial charge in [-0.2, -0.15) is 0 Å². The maximum atomic E-state index is 12.0. The van der Waals surface area contributed by atoms with Crippen LogP contribution in [0, 0.1) is 5.92 Å². The zero-order valence-electron chi connectivity index (χ0n) is 12.9. The van der Waals surface area contributed by atoms with E-state index in [0.717, 1.165) is 18.4 Å². The number of carbonyl (C=O) groups is 2. The van der Waals surface area contributed by atoms with Crippen LogP contribution in [0.3, 0.4) is 0 Å². The van der Waals surface area contributed by atoms with Gasteiger partial charge in [-0.1, -0.05) is 49.6 Å². The summed E-state index contributed by atoms with van der Waals surface area (Å²) in [5.74, 6) is -0.413. The number of hydrogen-bond acceptors (Lipinski definition) is 3. The fourth-order valence-corrected chi connectivity index (χ4v) is 2.84. The fourth-order valence-electron chi connectivity index (χ4n) is 2.84. The molecular weight excluding hydrogens is 282 g/mol. The number of carbonyl (C=O) groups excluding carboxylic acids is 1. The molecule has 5 nitrogen and oxygen atoms in total. The van der Waals surface area contributed by atoms with Gasteiger partial charge in [0.2, 0.25) is 0 Å². The van der Waals surface area contributed by atoms with Gasteiger partial charge in [-0.3, -0.25) is 4.79 Å². The molecule has 1 aliphatic carbocycles. The van der Waals surface area contributed by atoms with E-state index in [1.807, 2.05) is 30.3 Å². The normalized spacial score (nSPS) is 17.1. The van der Waals surface area contributed by atoms with E-state index in [2.05, 4.69) is 5.32 Å². The number of benzene rings is 1. The molecule has 1 aliphatic rings. The summed E-state index contributed by atoms with van der Waals surface area (Å²) in [4.78, 5) is 23.0. The molecule has 1 fully saturated rings. The minimum Gasteiger partial charge on any atom is -0.481 e. The van der Waals surface area contributed by atoms with Crippen molar-refractivity contribution < 1.29 is 19.4 Å². The average molecular weight is 305 g/mol. The highest BCUT2D eigenvalue weighted by molar-refractivity contribution is 5.72. The van der Waals surface area contributed by atoms with Crippen molar-refractivity contribution in [3.05, 3.63) is 35.9 Å². The van der Waals surface area contributed by atoms with Crippen molar-refractivity contribution in [2.45, 2.75) is 51.2 Å². The summed E-state index contributed by atoms with van der Waals surface area (Å²) >= 11 is 0. The van der Waals surface area contributed by atoms with Crippen molar-refractivity contribution in [1.29, 1.82) is 0 Å². The lowest BCUT2D eigenvalue weighted by Gasteiger charge is -2.36. The zero-order valence-corrected chi connectivity index (χ0v) is 12.9. The van der Waals surface area contributed by atoms with Gasteiger partial charge in [0, 0.05) is 0 Å². The fraction of sp³-hybridized carbons (Fsp3) is 0.529. The minimum atomic E-state index is -0.912. The molecule has 0 saturated heterocycles. The first-order valence-electron chi connectivity index (χ1n) is 7.67. The van der Waals surface area contributed by atoms with Crippen LogP contribution in [-0.2, 0) is 16.1 Å². The molecule has 0 heterocycles. The quantitative estimate of drug-likeness (QED) is 0.810. The third-order valence-corrected chi connectivity index (χ3v) is 4.12. The summed E-state index contributed by atoms with van der Waals surface area (Å²) in [7, 11) is 0. The van der Waals surface area contributed by atoms with E-state index < -0.39 is 17.6 Å². The number of alkyl carbamates (subject to hydrolysis) is 1. The van der Waals surface area contributed by atoms with Gasteiger partial charge in [0.15, 0.2) is 0 Å². The van der Waals surface area contributed by atoms with Gasteiger partial charge in [-0.15, -0.1) is 0 Å². The molecule has 1 aromatic rings. The summed E-state index contributed by atoms with van der Waals surface area (Å²) in [5.41, 5.74) is 0.140. The molecule has 1 saturated carbocycles. The number of hydrogen-bond donors (Lipinski definition) is 2. The Balaban J connectivity index is 1.87. The number of carboxylic acid groups (broad SMARTS) is 1. The van der Waals surface area contributed by atoms with Crippen molar-refractivity contribution in [3.8, 4) is 0 Å². The van der Waals surface area contributed by atoms with E-state index in [0.29, 0.717) is 12.3 Å². The molecule has 1 unspecified atom stereocenters. The van der Waals surface area contributed by atoms with Crippen LogP contribution in [0.4, 0.5) is 4.79 Å². The predicted octanol–water partition coefficient (Wildman–Crippen LogP) is 3.34. The highest BCUT2D eigenvalue weighted by Gasteiger charge is 2.34. The lowest BCUT2D eigenvalue weighted by molar-refractivity contribution is -0.138. The molecular formula is C17H23NO4. The van der Waals surface area contributed by atoms with Crippen LogP contribution in [0.2, 0.25) is 0 Å². The highest BCUT2D eigenvalue weighted by atomic mass is 16.5. The molecule has 5 heteroatoms. The smallest absolute Gasteiger partial charge is 0.407 e. The molecule has 0 aliphatic heterocycles. The van der Waals surface area contributed by atoms with Crippen LogP contribution in [-0.4, -0.2) is 22.7 Å². The third kappa shape index (κ3) is 5.06.